The van der Waals surface area contributed by atoms with E-state index in [0.717, 1.165) is 27.9 Å². The molecule has 0 amide bonds. The quantitative estimate of drug-likeness (QED) is 0.539. The van der Waals surface area contributed by atoms with E-state index >= 15 is 0 Å². The monoisotopic (exact) mass is 383 g/mol. The van der Waals surface area contributed by atoms with Crippen molar-refractivity contribution in [3.05, 3.63) is 35.5 Å². The Balaban J connectivity index is 0.000000855. The van der Waals surface area contributed by atoms with Crippen LogP contribution in [0.2, 0.25) is 0 Å². The highest BCUT2D eigenvalue weighted by atomic mass is 19.4. The summed E-state index contributed by atoms with van der Waals surface area (Å²) >= 11 is 0. The average molecular weight is 383 g/mol. The Morgan fingerprint density at radius 2 is 1.48 bits per heavy atom. The van der Waals surface area contributed by atoms with Gasteiger partial charge in [-0.2, -0.15) is 13.2 Å². The predicted octanol–water partition coefficient (Wildman–Crippen LogP) is 7.40. The number of rotatable bonds is 2. The number of nitrogens with zero attached hydrogens (tertiary/aromatic N) is 1. The summed E-state index contributed by atoms with van der Waals surface area (Å²) in [5, 5.41) is 1.03. The average Bonchev–Trinajstić information content (AvgIpc) is 2.67. The Morgan fingerprint density at radius 3 is 2.04 bits per heavy atom. The van der Waals surface area contributed by atoms with Crippen LogP contribution in [-0.2, 0) is 0 Å². The largest absolute Gasteiger partial charge is 0.490 e. The van der Waals surface area contributed by atoms with E-state index in [4.69, 9.17) is 4.74 Å². The van der Waals surface area contributed by atoms with Crippen LogP contribution in [0.3, 0.4) is 0 Å². The molecule has 0 N–H and O–H groups in total. The summed E-state index contributed by atoms with van der Waals surface area (Å²) in [5.41, 5.74) is 2.86. The van der Waals surface area contributed by atoms with Crippen molar-refractivity contribution < 1.29 is 17.9 Å². The summed E-state index contributed by atoms with van der Waals surface area (Å²) in [5.74, 6) is -0.425. The minimum atomic E-state index is -4.08. The van der Waals surface area contributed by atoms with E-state index < -0.39 is 12.1 Å². The molecule has 0 atom stereocenters. The molecular formula is C22H32F3NO. The number of alkyl halides is 3. The fraction of sp³-hybridized carbons (Fsp3) is 0.591. The van der Waals surface area contributed by atoms with Crippen LogP contribution >= 0.6 is 0 Å². The van der Waals surface area contributed by atoms with Crippen LogP contribution in [0.15, 0.2) is 24.3 Å². The van der Waals surface area contributed by atoms with Crippen molar-refractivity contribution in [3.8, 4) is 5.75 Å². The van der Waals surface area contributed by atoms with Crippen molar-refractivity contribution in [2.45, 2.75) is 79.5 Å². The van der Waals surface area contributed by atoms with Gasteiger partial charge in [0.15, 0.2) is 0 Å². The number of pyridine rings is 1. The zero-order valence-electron chi connectivity index (χ0n) is 17.3. The molecule has 0 saturated heterocycles. The first-order chi connectivity index (χ1) is 12.8. The molecule has 1 aliphatic rings. The molecule has 1 heterocycles. The Morgan fingerprint density at radius 1 is 0.889 bits per heavy atom. The van der Waals surface area contributed by atoms with E-state index in [1.54, 1.807) is 0 Å². The van der Waals surface area contributed by atoms with Crippen molar-refractivity contribution in [1.82, 2.24) is 4.98 Å². The second-order valence-corrected chi connectivity index (χ2v) is 6.34. The van der Waals surface area contributed by atoms with Gasteiger partial charge in [-0.1, -0.05) is 33.8 Å². The highest BCUT2D eigenvalue weighted by Crippen LogP contribution is 2.39. The van der Waals surface area contributed by atoms with E-state index in [0.29, 0.717) is 12.8 Å². The van der Waals surface area contributed by atoms with Gasteiger partial charge in [0, 0.05) is 16.6 Å². The molecule has 0 bridgehead atoms. The third-order valence-corrected chi connectivity index (χ3v) is 4.66. The zero-order chi connectivity index (χ0) is 20.6. The van der Waals surface area contributed by atoms with Gasteiger partial charge in [-0.3, -0.25) is 4.98 Å². The third kappa shape index (κ3) is 6.12. The Hall–Kier alpha value is -1.78. The van der Waals surface area contributed by atoms with E-state index in [-0.39, 0.29) is 18.9 Å². The normalized spacial score (nSPS) is 19.4. The van der Waals surface area contributed by atoms with Gasteiger partial charge < -0.3 is 4.74 Å². The number of benzene rings is 1. The lowest BCUT2D eigenvalue weighted by Gasteiger charge is -2.30. The fourth-order valence-corrected chi connectivity index (χ4v) is 3.25. The Bertz CT molecular complexity index is 705. The van der Waals surface area contributed by atoms with Crippen molar-refractivity contribution in [1.29, 1.82) is 0 Å². The first-order valence-electron chi connectivity index (χ1n) is 9.95. The van der Waals surface area contributed by atoms with Gasteiger partial charge in [-0.15, -0.1) is 0 Å². The number of aryl methyl sites for hydroxylation is 2. The van der Waals surface area contributed by atoms with Crippen LogP contribution in [0.1, 0.15) is 64.6 Å². The Kier molecular flexibility index (Phi) is 9.07. The molecule has 0 aliphatic heterocycles. The maximum Gasteiger partial charge on any atom is 0.391 e. The molecule has 0 unspecified atom stereocenters. The van der Waals surface area contributed by atoms with Gasteiger partial charge in [0.25, 0.3) is 0 Å². The topological polar surface area (TPSA) is 22.1 Å². The fourth-order valence-electron chi connectivity index (χ4n) is 3.25. The third-order valence-electron chi connectivity index (χ3n) is 4.66. The summed E-state index contributed by atoms with van der Waals surface area (Å²) in [4.78, 5) is 4.48. The molecule has 1 saturated carbocycles. The SMILES string of the molecule is CC.CC.Cc1ccc2c(C)c(OC3CCC(C(F)(F)F)CC3)ccc2n1. The first kappa shape index (κ1) is 23.3. The maximum atomic E-state index is 12.7. The molecular weight excluding hydrogens is 351 g/mol. The van der Waals surface area contributed by atoms with Gasteiger partial charge in [0.05, 0.1) is 17.5 Å². The maximum absolute atomic E-state index is 12.7. The van der Waals surface area contributed by atoms with E-state index in [1.807, 2.05) is 65.8 Å². The molecule has 2 nitrogen and oxygen atoms in total. The molecule has 5 heteroatoms. The van der Waals surface area contributed by atoms with Crippen molar-refractivity contribution in [3.63, 3.8) is 0 Å². The van der Waals surface area contributed by atoms with Gasteiger partial charge in [-0.25, -0.2) is 0 Å². The number of aromatic nitrogens is 1. The van der Waals surface area contributed by atoms with Gasteiger partial charge in [0.2, 0.25) is 0 Å². The summed E-state index contributed by atoms with van der Waals surface area (Å²) in [6, 6.07) is 7.75. The van der Waals surface area contributed by atoms with Gasteiger partial charge >= 0.3 is 6.18 Å². The lowest BCUT2D eigenvalue weighted by molar-refractivity contribution is -0.185. The first-order valence-corrected chi connectivity index (χ1v) is 9.95. The number of hydrogen-bond donors (Lipinski definition) is 0. The molecule has 0 spiro atoms. The minimum absolute atomic E-state index is 0.136. The highest BCUT2D eigenvalue weighted by Gasteiger charge is 2.41. The van der Waals surface area contributed by atoms with Crippen LogP contribution in [0.25, 0.3) is 10.9 Å². The molecule has 27 heavy (non-hydrogen) atoms. The van der Waals surface area contributed by atoms with E-state index in [9.17, 15) is 13.2 Å². The summed E-state index contributed by atoms with van der Waals surface area (Å²) in [6.45, 7) is 11.9. The number of hydrogen-bond acceptors (Lipinski definition) is 2. The number of ether oxygens (including phenoxy) is 1. The van der Waals surface area contributed by atoms with Crippen LogP contribution in [0.5, 0.6) is 5.75 Å². The molecule has 1 aromatic heterocycles. The van der Waals surface area contributed by atoms with Gasteiger partial charge in [-0.05, 0) is 57.7 Å². The van der Waals surface area contributed by atoms with Crippen LogP contribution in [0.4, 0.5) is 13.2 Å². The number of fused-ring (bicyclic) bond motifs is 1. The highest BCUT2D eigenvalue weighted by molar-refractivity contribution is 5.84. The second kappa shape index (κ2) is 10.5. The summed E-state index contributed by atoms with van der Waals surface area (Å²) in [7, 11) is 0. The standard InChI is InChI=1S/C18H20F3NO.2C2H6/c1-11-3-8-15-12(2)17(10-9-16(15)22-11)23-14-6-4-13(5-7-14)18(19,20)21;2*1-2/h3,8-10,13-14H,4-7H2,1-2H3;2*1-2H3. The van der Waals surface area contributed by atoms with Crippen LogP contribution < -0.4 is 4.74 Å². The molecule has 3 rings (SSSR count). The second-order valence-electron chi connectivity index (χ2n) is 6.34. The lowest BCUT2D eigenvalue weighted by Crippen LogP contribution is -2.32. The van der Waals surface area contributed by atoms with Crippen molar-refractivity contribution >= 4 is 10.9 Å². The zero-order valence-corrected chi connectivity index (χ0v) is 17.3. The van der Waals surface area contributed by atoms with Crippen molar-refractivity contribution in [2.75, 3.05) is 0 Å². The van der Waals surface area contributed by atoms with Gasteiger partial charge in [0.1, 0.15) is 5.75 Å². The van der Waals surface area contributed by atoms with E-state index in [1.165, 1.54) is 0 Å². The summed E-state index contributed by atoms with van der Waals surface area (Å²) in [6.07, 6.45) is -3.00. The molecule has 152 valence electrons. The van der Waals surface area contributed by atoms with E-state index in [2.05, 4.69) is 4.98 Å². The molecule has 2 aromatic rings. The lowest BCUT2D eigenvalue weighted by atomic mass is 9.87. The number of halogens is 3. The summed E-state index contributed by atoms with van der Waals surface area (Å²) < 4.78 is 44.1. The minimum Gasteiger partial charge on any atom is -0.490 e. The molecule has 0 radical (unpaired) electrons. The van der Waals surface area contributed by atoms with Crippen LogP contribution in [0, 0.1) is 19.8 Å². The Labute approximate surface area is 161 Å². The smallest absolute Gasteiger partial charge is 0.391 e. The van der Waals surface area contributed by atoms with Crippen LogP contribution in [-0.4, -0.2) is 17.3 Å². The molecule has 1 fully saturated rings. The predicted molar refractivity (Wildman–Crippen MR) is 106 cm³/mol. The molecule has 1 aromatic carbocycles. The van der Waals surface area contributed by atoms with Crippen molar-refractivity contribution in [2.24, 2.45) is 5.92 Å². The molecule has 1 aliphatic carbocycles.